The zero-order chi connectivity index (χ0) is 30.7. The first-order valence-electron chi connectivity index (χ1n) is 14.0. The van der Waals surface area contributed by atoms with Crippen molar-refractivity contribution >= 4 is 22.1 Å². The molecule has 0 bridgehead atoms. The minimum Gasteiger partial charge on any atom is -0.463 e. The van der Waals surface area contributed by atoms with Crippen molar-refractivity contribution in [2.75, 3.05) is 6.61 Å². The van der Waals surface area contributed by atoms with Crippen LogP contribution in [0.3, 0.4) is 0 Å². The average molecular weight is 600 g/mol. The van der Waals surface area contributed by atoms with Gasteiger partial charge in [-0.2, -0.15) is 8.42 Å². The van der Waals surface area contributed by atoms with Gasteiger partial charge in [0, 0.05) is 5.92 Å². The van der Waals surface area contributed by atoms with Gasteiger partial charge in [0.15, 0.2) is 0 Å². The van der Waals surface area contributed by atoms with Gasteiger partial charge in [0.1, 0.15) is 29.2 Å². The molecular formula is C34H33NO7S. The maximum absolute atomic E-state index is 13.4. The first-order valence-corrected chi connectivity index (χ1v) is 15.4. The number of aryl methyl sites for hydroxylation is 1. The van der Waals surface area contributed by atoms with E-state index in [0.29, 0.717) is 0 Å². The predicted molar refractivity (Wildman–Crippen MR) is 162 cm³/mol. The van der Waals surface area contributed by atoms with Crippen LogP contribution in [0.25, 0.3) is 11.1 Å². The Kier molecular flexibility index (Phi) is 8.66. The molecule has 9 heteroatoms. The molecule has 4 aromatic carbocycles. The van der Waals surface area contributed by atoms with Crippen molar-refractivity contribution in [1.29, 1.82) is 0 Å². The van der Waals surface area contributed by atoms with Crippen LogP contribution in [-0.2, 0) is 29.2 Å². The zero-order valence-electron chi connectivity index (χ0n) is 24.1. The predicted octanol–water partition coefficient (Wildman–Crippen LogP) is 5.48. The molecule has 43 heavy (non-hydrogen) atoms. The molecule has 0 radical (unpaired) electrons. The van der Waals surface area contributed by atoms with Gasteiger partial charge >= 0.3 is 22.1 Å². The molecule has 0 aliphatic heterocycles. The normalized spacial score (nSPS) is 14.0. The van der Waals surface area contributed by atoms with Crippen LogP contribution in [-0.4, -0.2) is 39.1 Å². The van der Waals surface area contributed by atoms with Crippen LogP contribution in [0, 0.1) is 6.92 Å². The summed E-state index contributed by atoms with van der Waals surface area (Å²) in [5.41, 5.74) is 11.8. The summed E-state index contributed by atoms with van der Waals surface area (Å²) >= 11 is 0. The van der Waals surface area contributed by atoms with Crippen molar-refractivity contribution in [2.45, 2.75) is 49.6 Å². The average Bonchev–Trinajstić information content (AvgIpc) is 3.29. The molecule has 2 unspecified atom stereocenters. The van der Waals surface area contributed by atoms with Crippen molar-refractivity contribution in [3.63, 3.8) is 0 Å². The summed E-state index contributed by atoms with van der Waals surface area (Å²) in [6.45, 7) is 5.24. The van der Waals surface area contributed by atoms with E-state index in [4.69, 9.17) is 19.4 Å². The van der Waals surface area contributed by atoms with Crippen molar-refractivity contribution in [2.24, 2.45) is 5.73 Å². The molecule has 2 N–H and O–H groups in total. The summed E-state index contributed by atoms with van der Waals surface area (Å²) in [6.07, 6.45) is -0.480. The standard InChI is InChI=1S/C34H33NO7S/c1-21(2)41-33(36)31(23-9-8-10-24(19-23)42-43(38,39)25-17-15-22(3)16-18-25)32(35)34(37)40-20-30-28-13-6-4-11-26(28)27-12-5-7-14-29(27)30/h4-19,21,30-32H,20,35H2,1-3H3. The Morgan fingerprint density at radius 3 is 2.02 bits per heavy atom. The third-order valence-electron chi connectivity index (χ3n) is 7.32. The summed E-state index contributed by atoms with van der Waals surface area (Å²) < 4.78 is 42.3. The third kappa shape index (κ3) is 6.48. The van der Waals surface area contributed by atoms with Gasteiger partial charge in [0.25, 0.3) is 0 Å². The van der Waals surface area contributed by atoms with Gasteiger partial charge in [-0.25, -0.2) is 0 Å². The molecule has 0 aromatic heterocycles. The van der Waals surface area contributed by atoms with E-state index in [1.807, 2.05) is 55.5 Å². The molecule has 0 spiro atoms. The fourth-order valence-electron chi connectivity index (χ4n) is 5.27. The van der Waals surface area contributed by atoms with Crippen LogP contribution >= 0.6 is 0 Å². The van der Waals surface area contributed by atoms with Gasteiger partial charge in [-0.05, 0) is 72.9 Å². The van der Waals surface area contributed by atoms with Gasteiger partial charge in [0.05, 0.1) is 6.10 Å². The summed E-state index contributed by atoms with van der Waals surface area (Å²) in [6, 6.07) is 26.6. The van der Waals surface area contributed by atoms with E-state index in [1.165, 1.54) is 30.3 Å². The van der Waals surface area contributed by atoms with E-state index >= 15 is 0 Å². The number of rotatable bonds is 10. The van der Waals surface area contributed by atoms with Crippen molar-refractivity contribution in [3.8, 4) is 16.9 Å². The first kappa shape index (κ1) is 30.0. The van der Waals surface area contributed by atoms with Crippen molar-refractivity contribution in [3.05, 3.63) is 119 Å². The van der Waals surface area contributed by atoms with Crippen LogP contribution in [0.15, 0.2) is 102 Å². The Bertz CT molecular complexity index is 1700. The SMILES string of the molecule is Cc1ccc(S(=O)(=O)Oc2cccc(C(C(=O)OC(C)C)C(N)C(=O)OCC3c4ccccc4-c4ccccc43)c2)cc1. The molecule has 0 amide bonds. The molecule has 2 atom stereocenters. The lowest BCUT2D eigenvalue weighted by Crippen LogP contribution is -2.43. The number of carbonyl (C=O) groups excluding carboxylic acids is 2. The lowest BCUT2D eigenvalue weighted by Gasteiger charge is -2.24. The number of carbonyl (C=O) groups is 2. The van der Waals surface area contributed by atoms with Gasteiger partial charge in [-0.3, -0.25) is 9.59 Å². The van der Waals surface area contributed by atoms with Gasteiger partial charge < -0.3 is 19.4 Å². The van der Waals surface area contributed by atoms with Crippen LogP contribution in [0.5, 0.6) is 5.75 Å². The summed E-state index contributed by atoms with van der Waals surface area (Å²) in [7, 11) is -4.15. The van der Waals surface area contributed by atoms with E-state index in [2.05, 4.69) is 0 Å². The number of hydrogen-bond donors (Lipinski definition) is 1. The molecule has 0 fully saturated rings. The fraction of sp³-hybridized carbons (Fsp3) is 0.235. The second kappa shape index (κ2) is 12.4. The lowest BCUT2D eigenvalue weighted by atomic mass is 9.91. The molecule has 222 valence electrons. The number of benzene rings is 4. The summed E-state index contributed by atoms with van der Waals surface area (Å²) in [4.78, 5) is 26.6. The van der Waals surface area contributed by atoms with Crippen LogP contribution in [0.1, 0.15) is 47.9 Å². The highest BCUT2D eigenvalue weighted by molar-refractivity contribution is 7.87. The Hall–Kier alpha value is -4.47. The molecule has 0 heterocycles. The van der Waals surface area contributed by atoms with E-state index in [9.17, 15) is 18.0 Å². The Morgan fingerprint density at radius 1 is 0.814 bits per heavy atom. The van der Waals surface area contributed by atoms with E-state index in [-0.39, 0.29) is 28.7 Å². The van der Waals surface area contributed by atoms with Gasteiger partial charge in [-0.15, -0.1) is 0 Å². The van der Waals surface area contributed by atoms with E-state index in [1.54, 1.807) is 32.0 Å². The largest absolute Gasteiger partial charge is 0.463 e. The lowest BCUT2D eigenvalue weighted by molar-refractivity contribution is -0.156. The molecular weight excluding hydrogens is 566 g/mol. The maximum atomic E-state index is 13.4. The highest BCUT2D eigenvalue weighted by atomic mass is 32.2. The molecule has 8 nitrogen and oxygen atoms in total. The van der Waals surface area contributed by atoms with E-state index < -0.39 is 40.1 Å². The zero-order valence-corrected chi connectivity index (χ0v) is 24.9. The number of fused-ring (bicyclic) bond motifs is 3. The first-order chi connectivity index (χ1) is 20.5. The number of ether oxygens (including phenoxy) is 2. The highest BCUT2D eigenvalue weighted by Crippen LogP contribution is 2.44. The van der Waals surface area contributed by atoms with E-state index in [0.717, 1.165) is 27.8 Å². The number of nitrogens with two attached hydrogens (primary N) is 1. The Labute approximate surface area is 251 Å². The molecule has 4 aromatic rings. The molecule has 0 saturated carbocycles. The van der Waals surface area contributed by atoms with Crippen LogP contribution in [0.2, 0.25) is 0 Å². The monoisotopic (exact) mass is 599 g/mol. The number of esters is 2. The molecule has 1 aliphatic rings. The molecule has 0 saturated heterocycles. The minimum absolute atomic E-state index is 0.0189. The molecule has 1 aliphatic carbocycles. The van der Waals surface area contributed by atoms with Crippen LogP contribution < -0.4 is 9.92 Å². The number of hydrogen-bond acceptors (Lipinski definition) is 8. The minimum atomic E-state index is -4.15. The van der Waals surface area contributed by atoms with Crippen molar-refractivity contribution < 1.29 is 31.7 Å². The highest BCUT2D eigenvalue weighted by Gasteiger charge is 2.37. The summed E-state index contributed by atoms with van der Waals surface area (Å²) in [5.74, 6) is -3.03. The fourth-order valence-corrected chi connectivity index (χ4v) is 6.20. The van der Waals surface area contributed by atoms with Crippen molar-refractivity contribution in [1.82, 2.24) is 0 Å². The van der Waals surface area contributed by atoms with Crippen LogP contribution in [0.4, 0.5) is 0 Å². The Balaban J connectivity index is 1.38. The van der Waals surface area contributed by atoms with Gasteiger partial charge in [-0.1, -0.05) is 78.4 Å². The second-order valence-corrected chi connectivity index (χ2v) is 12.3. The smallest absolute Gasteiger partial charge is 0.339 e. The van der Waals surface area contributed by atoms with Gasteiger partial charge in [0.2, 0.25) is 0 Å². The topological polar surface area (TPSA) is 122 Å². The second-order valence-electron chi connectivity index (χ2n) is 10.8. The molecule has 5 rings (SSSR count). The maximum Gasteiger partial charge on any atom is 0.339 e. The summed E-state index contributed by atoms with van der Waals surface area (Å²) in [5, 5.41) is 0. The Morgan fingerprint density at radius 2 is 1.42 bits per heavy atom. The third-order valence-corrected chi connectivity index (χ3v) is 8.59. The quantitative estimate of drug-likeness (QED) is 0.188.